The van der Waals surface area contributed by atoms with E-state index in [1.54, 1.807) is 17.5 Å². The average molecular weight is 313 g/mol. The number of carbonyl (C=O) groups excluding carboxylic acids is 1. The van der Waals surface area contributed by atoms with Gasteiger partial charge in [-0.05, 0) is 41.4 Å². The summed E-state index contributed by atoms with van der Waals surface area (Å²) in [6.45, 7) is 1.85. The molecular formula is C16H15N3O2S. The number of methoxy groups -OCH3 is 1. The van der Waals surface area contributed by atoms with E-state index >= 15 is 0 Å². The van der Waals surface area contributed by atoms with Crippen molar-refractivity contribution < 1.29 is 9.53 Å². The fourth-order valence-corrected chi connectivity index (χ4v) is 3.03. The highest BCUT2D eigenvalue weighted by Crippen LogP contribution is 2.33. The highest BCUT2D eigenvalue weighted by molar-refractivity contribution is 7.08. The zero-order valence-corrected chi connectivity index (χ0v) is 13.1. The topological polar surface area (TPSA) is 63.6 Å². The zero-order valence-electron chi connectivity index (χ0n) is 12.2. The lowest BCUT2D eigenvalue weighted by atomic mass is 9.98. The minimum absolute atomic E-state index is 0.370. The van der Waals surface area contributed by atoms with Gasteiger partial charge in [0.15, 0.2) is 5.84 Å². The first-order valence-electron chi connectivity index (χ1n) is 6.78. The summed E-state index contributed by atoms with van der Waals surface area (Å²) in [5.74, 6) is 0.284. The number of amidine groups is 1. The number of carbonyl (C=O) groups is 1. The van der Waals surface area contributed by atoms with Crippen LogP contribution in [0, 0.1) is 0 Å². The van der Waals surface area contributed by atoms with Gasteiger partial charge in [-0.3, -0.25) is 9.98 Å². The summed E-state index contributed by atoms with van der Waals surface area (Å²) >= 11 is 1.57. The second-order valence-corrected chi connectivity index (χ2v) is 5.59. The first-order chi connectivity index (χ1) is 10.7. The number of rotatable bonds is 3. The van der Waals surface area contributed by atoms with Crippen molar-refractivity contribution in [3.8, 4) is 0 Å². The molecule has 0 saturated heterocycles. The quantitative estimate of drug-likeness (QED) is 0.885. The number of nitrogens with zero attached hydrogens (tertiary/aromatic N) is 2. The van der Waals surface area contributed by atoms with Gasteiger partial charge >= 0.3 is 5.97 Å². The van der Waals surface area contributed by atoms with Crippen molar-refractivity contribution >= 4 is 23.1 Å². The van der Waals surface area contributed by atoms with Crippen LogP contribution >= 0.6 is 11.3 Å². The molecule has 2 aromatic rings. The van der Waals surface area contributed by atoms with Gasteiger partial charge in [0.2, 0.25) is 0 Å². The van der Waals surface area contributed by atoms with Crippen molar-refractivity contribution in [2.45, 2.75) is 13.0 Å². The van der Waals surface area contributed by atoms with Crippen LogP contribution in [0.5, 0.6) is 0 Å². The molecule has 1 atom stereocenters. The first kappa shape index (κ1) is 14.5. The molecule has 5 nitrogen and oxygen atoms in total. The third-order valence-corrected chi connectivity index (χ3v) is 4.11. The first-order valence-corrected chi connectivity index (χ1v) is 7.72. The van der Waals surface area contributed by atoms with Gasteiger partial charge in [-0.1, -0.05) is 6.07 Å². The minimum atomic E-state index is -0.378. The average Bonchev–Trinajstić information content (AvgIpc) is 3.08. The SMILES string of the molecule is COC(=O)C1=C(C)NC(c2ccccn2)=NC1c1ccsc1. The van der Waals surface area contributed by atoms with Crippen LogP contribution in [0.1, 0.15) is 24.2 Å². The van der Waals surface area contributed by atoms with Gasteiger partial charge < -0.3 is 10.1 Å². The molecule has 0 aliphatic carbocycles. The van der Waals surface area contributed by atoms with Crippen LogP contribution in [0.15, 0.2) is 57.5 Å². The molecule has 1 unspecified atom stereocenters. The Morgan fingerprint density at radius 3 is 2.86 bits per heavy atom. The maximum atomic E-state index is 12.1. The standard InChI is InChI=1S/C16H15N3O2S/c1-10-13(16(20)21-2)14(11-6-8-22-9-11)19-15(18-10)12-5-3-4-7-17-12/h3-9,14H,1-2H3,(H,18,19). The maximum absolute atomic E-state index is 12.1. The predicted molar refractivity (Wildman–Crippen MR) is 85.7 cm³/mol. The van der Waals surface area contributed by atoms with Gasteiger partial charge in [0.05, 0.1) is 12.7 Å². The molecule has 3 rings (SSSR count). The number of hydrogen-bond donors (Lipinski definition) is 1. The predicted octanol–water partition coefficient (Wildman–Crippen LogP) is 2.68. The summed E-state index contributed by atoms with van der Waals surface area (Å²) in [6.07, 6.45) is 1.72. The van der Waals surface area contributed by atoms with Crippen molar-refractivity contribution in [2.24, 2.45) is 4.99 Å². The number of aliphatic imine (C=N–C) groups is 1. The van der Waals surface area contributed by atoms with Gasteiger partial charge in [0, 0.05) is 11.9 Å². The van der Waals surface area contributed by atoms with Crippen molar-refractivity contribution in [1.29, 1.82) is 0 Å². The second-order valence-electron chi connectivity index (χ2n) is 4.81. The number of aromatic nitrogens is 1. The molecule has 0 amide bonds. The number of pyridine rings is 1. The van der Waals surface area contributed by atoms with E-state index in [2.05, 4.69) is 15.3 Å². The second kappa shape index (κ2) is 6.11. The van der Waals surface area contributed by atoms with E-state index in [1.807, 2.05) is 41.9 Å². The number of thiophene rings is 1. The van der Waals surface area contributed by atoms with E-state index in [4.69, 9.17) is 4.74 Å². The Morgan fingerprint density at radius 1 is 1.36 bits per heavy atom. The Kier molecular flexibility index (Phi) is 4.02. The molecule has 6 heteroatoms. The molecule has 112 valence electrons. The minimum Gasteiger partial charge on any atom is -0.466 e. The largest absolute Gasteiger partial charge is 0.466 e. The third kappa shape index (κ3) is 2.65. The van der Waals surface area contributed by atoms with Gasteiger partial charge in [0.1, 0.15) is 11.7 Å². The van der Waals surface area contributed by atoms with Crippen LogP contribution < -0.4 is 5.32 Å². The molecule has 0 radical (unpaired) electrons. The summed E-state index contributed by atoms with van der Waals surface area (Å²) in [5, 5.41) is 7.12. The summed E-state index contributed by atoms with van der Waals surface area (Å²) in [4.78, 5) is 21.1. The van der Waals surface area contributed by atoms with Gasteiger partial charge in [-0.2, -0.15) is 11.3 Å². The normalized spacial score (nSPS) is 17.7. The van der Waals surface area contributed by atoms with E-state index in [0.29, 0.717) is 11.4 Å². The molecule has 22 heavy (non-hydrogen) atoms. The van der Waals surface area contributed by atoms with Crippen molar-refractivity contribution in [3.63, 3.8) is 0 Å². The van der Waals surface area contributed by atoms with Crippen LogP contribution in [-0.2, 0) is 9.53 Å². The monoisotopic (exact) mass is 313 g/mol. The molecule has 2 aromatic heterocycles. The summed E-state index contributed by atoms with van der Waals surface area (Å²) in [6, 6.07) is 7.23. The van der Waals surface area contributed by atoms with Crippen LogP contribution in [0.3, 0.4) is 0 Å². The molecule has 0 bridgehead atoms. The van der Waals surface area contributed by atoms with Gasteiger partial charge in [0.25, 0.3) is 0 Å². The summed E-state index contributed by atoms with van der Waals surface area (Å²) in [5.41, 5.74) is 2.98. The summed E-state index contributed by atoms with van der Waals surface area (Å²) < 4.78 is 4.91. The third-order valence-electron chi connectivity index (χ3n) is 3.41. The van der Waals surface area contributed by atoms with E-state index in [0.717, 1.165) is 17.0 Å². The molecular weight excluding hydrogens is 298 g/mol. The molecule has 0 aromatic carbocycles. The van der Waals surface area contributed by atoms with Crippen LogP contribution in [0.25, 0.3) is 0 Å². The Labute approximate surface area is 132 Å². The smallest absolute Gasteiger partial charge is 0.338 e. The molecule has 0 spiro atoms. The number of ether oxygens (including phenoxy) is 1. The van der Waals surface area contributed by atoms with Gasteiger partial charge in [-0.15, -0.1) is 0 Å². The van der Waals surface area contributed by atoms with E-state index in [9.17, 15) is 4.79 Å². The lowest BCUT2D eigenvalue weighted by molar-refractivity contribution is -0.136. The Morgan fingerprint density at radius 2 is 2.23 bits per heavy atom. The highest BCUT2D eigenvalue weighted by Gasteiger charge is 2.30. The lowest BCUT2D eigenvalue weighted by Gasteiger charge is -2.24. The Bertz CT molecular complexity index is 736. The number of nitrogens with one attached hydrogen (secondary N) is 1. The fourth-order valence-electron chi connectivity index (χ4n) is 2.36. The van der Waals surface area contributed by atoms with Gasteiger partial charge in [-0.25, -0.2) is 4.79 Å². The van der Waals surface area contributed by atoms with Crippen LogP contribution in [-0.4, -0.2) is 23.9 Å². The van der Waals surface area contributed by atoms with E-state index in [-0.39, 0.29) is 12.0 Å². The molecule has 3 heterocycles. The van der Waals surface area contributed by atoms with Crippen LogP contribution in [0.4, 0.5) is 0 Å². The van der Waals surface area contributed by atoms with E-state index in [1.165, 1.54) is 7.11 Å². The Hall–Kier alpha value is -2.47. The molecule has 1 N–H and O–H groups in total. The fraction of sp³-hybridized carbons (Fsp3) is 0.188. The highest BCUT2D eigenvalue weighted by atomic mass is 32.1. The number of esters is 1. The van der Waals surface area contributed by atoms with Crippen LogP contribution in [0.2, 0.25) is 0 Å². The van der Waals surface area contributed by atoms with Crippen molar-refractivity contribution in [1.82, 2.24) is 10.3 Å². The van der Waals surface area contributed by atoms with Crippen molar-refractivity contribution in [3.05, 3.63) is 63.7 Å². The molecule has 1 aliphatic rings. The lowest BCUT2D eigenvalue weighted by Crippen LogP contribution is -2.33. The molecule has 0 saturated carbocycles. The maximum Gasteiger partial charge on any atom is 0.338 e. The zero-order chi connectivity index (χ0) is 15.5. The molecule has 0 fully saturated rings. The number of allylic oxidation sites excluding steroid dienone is 1. The molecule has 1 aliphatic heterocycles. The van der Waals surface area contributed by atoms with Crippen molar-refractivity contribution in [2.75, 3.05) is 7.11 Å². The van der Waals surface area contributed by atoms with E-state index < -0.39 is 0 Å². The Balaban J connectivity index is 2.07. The number of hydrogen-bond acceptors (Lipinski definition) is 6. The summed E-state index contributed by atoms with van der Waals surface area (Å²) in [7, 11) is 1.38.